The number of aromatic nitrogens is 1. The molecule has 0 radical (unpaired) electrons. The number of anilines is 3. The van der Waals surface area contributed by atoms with Gasteiger partial charge >= 0.3 is 12.2 Å². The van der Waals surface area contributed by atoms with Gasteiger partial charge in [-0.05, 0) is 89.8 Å². The molecule has 0 saturated carbocycles. The highest BCUT2D eigenvalue weighted by Crippen LogP contribution is 2.45. The molecule has 11 nitrogen and oxygen atoms in total. The van der Waals surface area contributed by atoms with Gasteiger partial charge in [0.25, 0.3) is 0 Å². The number of aryl methyl sites for hydroxylation is 1. The minimum Gasteiger partial charge on any atom is -0.486 e. The molecule has 0 bridgehead atoms. The van der Waals surface area contributed by atoms with Gasteiger partial charge in [0.1, 0.15) is 23.6 Å². The van der Waals surface area contributed by atoms with Crippen molar-refractivity contribution < 1.29 is 32.2 Å². The number of rotatable bonds is 2. The van der Waals surface area contributed by atoms with Gasteiger partial charge in [-0.3, -0.25) is 0 Å². The molecule has 238 valence electrons. The van der Waals surface area contributed by atoms with Crippen LogP contribution >= 0.6 is 0 Å². The van der Waals surface area contributed by atoms with Crippen molar-refractivity contribution in [3.05, 3.63) is 47.2 Å². The van der Waals surface area contributed by atoms with Crippen LogP contribution in [0.3, 0.4) is 0 Å². The fourth-order valence-corrected chi connectivity index (χ4v) is 6.72. The molecule has 2 amide bonds. The van der Waals surface area contributed by atoms with Crippen LogP contribution in [0, 0.1) is 6.92 Å². The summed E-state index contributed by atoms with van der Waals surface area (Å²) in [6.07, 6.45) is 3.31. The Labute approximate surface area is 259 Å². The van der Waals surface area contributed by atoms with E-state index in [0.717, 1.165) is 22.4 Å². The van der Waals surface area contributed by atoms with Crippen LogP contribution in [-0.2, 0) is 25.9 Å². The van der Waals surface area contributed by atoms with E-state index in [1.54, 1.807) is 11.1 Å². The number of benzene rings is 1. The topological polar surface area (TPSA) is 119 Å². The molecule has 5 rings (SSSR count). The van der Waals surface area contributed by atoms with Crippen molar-refractivity contribution in [1.82, 2.24) is 9.88 Å². The van der Waals surface area contributed by atoms with Crippen molar-refractivity contribution in [2.24, 2.45) is 0 Å². The Morgan fingerprint density at radius 1 is 0.932 bits per heavy atom. The van der Waals surface area contributed by atoms with Crippen molar-refractivity contribution in [1.29, 1.82) is 0 Å². The van der Waals surface area contributed by atoms with Crippen LogP contribution in [0.25, 0.3) is 5.57 Å². The summed E-state index contributed by atoms with van der Waals surface area (Å²) in [6.45, 7) is 14.6. The Morgan fingerprint density at radius 2 is 1.59 bits per heavy atom. The summed E-state index contributed by atoms with van der Waals surface area (Å²) in [5.41, 5.74) is 3.41. The first-order valence-corrected chi connectivity index (χ1v) is 16.7. The van der Waals surface area contributed by atoms with Crippen molar-refractivity contribution >= 4 is 44.8 Å². The van der Waals surface area contributed by atoms with Crippen molar-refractivity contribution in [2.75, 3.05) is 47.5 Å². The third kappa shape index (κ3) is 6.95. The number of carbonyl (C=O) groups excluding carboxylic acids is 2. The van der Waals surface area contributed by atoms with Gasteiger partial charge in [0, 0.05) is 38.1 Å². The van der Waals surface area contributed by atoms with Crippen LogP contribution in [0.15, 0.2) is 30.5 Å². The molecule has 4 heterocycles. The number of hydrogen-bond acceptors (Lipinski definition) is 9. The largest absolute Gasteiger partial charge is 0.486 e. The second-order valence-corrected chi connectivity index (χ2v) is 15.7. The van der Waals surface area contributed by atoms with E-state index in [4.69, 9.17) is 14.2 Å². The molecule has 0 N–H and O–H groups in total. The van der Waals surface area contributed by atoms with Crippen molar-refractivity contribution in [2.45, 2.75) is 72.7 Å². The fraction of sp³-hybridized carbons (Fsp3) is 0.531. The normalized spacial score (nSPS) is 18.3. The van der Waals surface area contributed by atoms with Gasteiger partial charge < -0.3 is 24.0 Å². The lowest BCUT2D eigenvalue weighted by atomic mass is 9.96. The van der Waals surface area contributed by atoms with Crippen molar-refractivity contribution in [3.63, 3.8) is 0 Å². The van der Waals surface area contributed by atoms with Gasteiger partial charge in [-0.25, -0.2) is 27.9 Å². The number of nitrogens with zero attached hydrogens (tertiary/aromatic N) is 4. The maximum atomic E-state index is 13.9. The molecule has 12 heteroatoms. The lowest BCUT2D eigenvalue weighted by Crippen LogP contribution is -2.41. The van der Waals surface area contributed by atoms with Crippen LogP contribution in [0.2, 0.25) is 0 Å². The SMILES string of the molecule is Cc1cc(C2=CCN(C(=O)OC(C)(C)C)CC2)cc2c1OCc1c(N3CCS(=O)(=O)CC3)ccnc1N2C(=O)OC(C)(C)C. The van der Waals surface area contributed by atoms with E-state index in [2.05, 4.69) is 4.98 Å². The first kappa shape index (κ1) is 31.6. The van der Waals surface area contributed by atoms with Gasteiger partial charge in [-0.1, -0.05) is 6.08 Å². The smallest absolute Gasteiger partial charge is 0.420 e. The maximum Gasteiger partial charge on any atom is 0.420 e. The van der Waals surface area contributed by atoms with E-state index in [1.165, 1.54) is 4.90 Å². The molecule has 0 aliphatic carbocycles. The van der Waals surface area contributed by atoms with E-state index < -0.39 is 27.1 Å². The summed E-state index contributed by atoms with van der Waals surface area (Å²) in [5, 5.41) is 0. The number of fused-ring (bicyclic) bond motifs is 2. The summed E-state index contributed by atoms with van der Waals surface area (Å²) in [6, 6.07) is 5.78. The van der Waals surface area contributed by atoms with Crippen LogP contribution in [0.5, 0.6) is 5.75 Å². The zero-order chi connectivity index (χ0) is 32.0. The zero-order valence-corrected chi connectivity index (χ0v) is 27.4. The zero-order valence-electron chi connectivity index (χ0n) is 26.6. The Kier molecular flexibility index (Phi) is 8.34. The Hall–Kier alpha value is -3.80. The van der Waals surface area contributed by atoms with E-state index in [1.807, 2.05) is 77.6 Å². The Balaban J connectivity index is 1.55. The predicted molar refractivity (Wildman–Crippen MR) is 169 cm³/mol. The second kappa shape index (κ2) is 11.6. The summed E-state index contributed by atoms with van der Waals surface area (Å²) < 4.78 is 42.1. The summed E-state index contributed by atoms with van der Waals surface area (Å²) in [4.78, 5) is 36.4. The molecule has 3 aliphatic rings. The van der Waals surface area contributed by atoms with Gasteiger partial charge in [0.2, 0.25) is 0 Å². The van der Waals surface area contributed by atoms with Crippen LogP contribution < -0.4 is 14.5 Å². The third-order valence-corrected chi connectivity index (χ3v) is 9.18. The molecule has 1 aromatic carbocycles. The average Bonchev–Trinajstić information content (AvgIpc) is 3.08. The maximum absolute atomic E-state index is 13.9. The van der Waals surface area contributed by atoms with Crippen molar-refractivity contribution in [3.8, 4) is 5.75 Å². The highest BCUT2D eigenvalue weighted by molar-refractivity contribution is 7.91. The number of carbonyl (C=O) groups is 2. The van der Waals surface area contributed by atoms with E-state index in [0.29, 0.717) is 55.4 Å². The third-order valence-electron chi connectivity index (χ3n) is 7.57. The van der Waals surface area contributed by atoms with Gasteiger partial charge in [-0.2, -0.15) is 0 Å². The van der Waals surface area contributed by atoms with E-state index >= 15 is 0 Å². The number of hydrogen-bond donors (Lipinski definition) is 0. The van der Waals surface area contributed by atoms with Crippen LogP contribution in [0.4, 0.5) is 26.8 Å². The predicted octanol–water partition coefficient (Wildman–Crippen LogP) is 5.61. The highest BCUT2D eigenvalue weighted by Gasteiger charge is 2.36. The van der Waals surface area contributed by atoms with Crippen LogP contribution in [-0.4, -0.2) is 79.4 Å². The molecule has 3 aliphatic heterocycles. The van der Waals surface area contributed by atoms with Gasteiger partial charge in [0.05, 0.1) is 22.8 Å². The number of amides is 2. The minimum atomic E-state index is -3.09. The number of pyridine rings is 1. The first-order chi connectivity index (χ1) is 20.5. The molecule has 1 fully saturated rings. The highest BCUT2D eigenvalue weighted by atomic mass is 32.2. The molecule has 0 atom stereocenters. The van der Waals surface area contributed by atoms with E-state index in [-0.39, 0.29) is 24.2 Å². The quantitative estimate of drug-likeness (QED) is 0.419. The summed E-state index contributed by atoms with van der Waals surface area (Å²) in [7, 11) is -3.09. The Bertz CT molecular complexity index is 1590. The molecule has 44 heavy (non-hydrogen) atoms. The first-order valence-electron chi connectivity index (χ1n) is 14.9. The molecule has 0 spiro atoms. The molecular weight excluding hydrogens is 584 g/mol. The van der Waals surface area contributed by atoms with Gasteiger partial charge in [0.15, 0.2) is 15.7 Å². The number of sulfone groups is 1. The van der Waals surface area contributed by atoms with Crippen LogP contribution in [0.1, 0.15) is 64.7 Å². The number of ether oxygens (including phenoxy) is 3. The summed E-state index contributed by atoms with van der Waals surface area (Å²) >= 11 is 0. The molecule has 1 saturated heterocycles. The molecule has 1 aromatic heterocycles. The molecule has 0 unspecified atom stereocenters. The monoisotopic (exact) mass is 626 g/mol. The standard InChI is InChI=1S/C32H42N4O7S/c1-21-18-23(22-9-12-35(13-10-22)29(37)42-31(2,3)4)19-26-27(21)41-20-24-25(34-14-16-44(39,40)17-15-34)8-11-33-28(24)36(26)30(38)43-32(5,6)7/h8-9,11,18-19H,10,12-17,20H2,1-7H3. The molecular formula is C32H42N4O7S. The average molecular weight is 627 g/mol. The minimum absolute atomic E-state index is 0.0594. The Morgan fingerprint density at radius 3 is 2.20 bits per heavy atom. The lowest BCUT2D eigenvalue weighted by Gasteiger charge is -2.32. The molecule has 2 aromatic rings. The summed E-state index contributed by atoms with van der Waals surface area (Å²) in [5.74, 6) is 1.04. The van der Waals surface area contributed by atoms with E-state index in [9.17, 15) is 18.0 Å². The van der Waals surface area contributed by atoms with Gasteiger partial charge in [-0.15, -0.1) is 0 Å². The second-order valence-electron chi connectivity index (χ2n) is 13.4. The lowest BCUT2D eigenvalue weighted by molar-refractivity contribution is 0.0270. The fourth-order valence-electron chi connectivity index (χ4n) is 5.52.